The highest BCUT2D eigenvalue weighted by atomic mass is 35.5. The van der Waals surface area contributed by atoms with Gasteiger partial charge in [-0.15, -0.1) is 0 Å². The maximum absolute atomic E-state index is 5.88. The number of hydrogen-bond donors (Lipinski definition) is 2. The van der Waals surface area contributed by atoms with E-state index in [4.69, 9.17) is 23.8 Å². The molecular formula is C17H20ClN3S. The summed E-state index contributed by atoms with van der Waals surface area (Å²) in [4.78, 5) is 0. The summed E-state index contributed by atoms with van der Waals surface area (Å²) in [6.45, 7) is 0. The molecule has 0 amide bonds. The van der Waals surface area contributed by atoms with Gasteiger partial charge in [-0.1, -0.05) is 11.6 Å². The summed E-state index contributed by atoms with van der Waals surface area (Å²) in [6.07, 6.45) is 6.82. The van der Waals surface area contributed by atoms with Crippen LogP contribution in [0.3, 0.4) is 0 Å². The highest BCUT2D eigenvalue weighted by Gasteiger charge is 2.46. The Bertz CT molecular complexity index is 581. The van der Waals surface area contributed by atoms with Crippen LogP contribution >= 0.6 is 23.8 Å². The lowest BCUT2D eigenvalue weighted by Gasteiger charge is -2.50. The third-order valence-electron chi connectivity index (χ3n) is 5.36. The number of rotatable bonds is 2. The molecule has 4 fully saturated rings. The highest BCUT2D eigenvalue weighted by molar-refractivity contribution is 7.80. The molecule has 2 N–H and O–H groups in total. The zero-order valence-electron chi connectivity index (χ0n) is 12.4. The van der Waals surface area contributed by atoms with Gasteiger partial charge in [0, 0.05) is 16.4 Å². The first-order chi connectivity index (χ1) is 10.7. The Morgan fingerprint density at radius 2 is 1.59 bits per heavy atom. The molecular weight excluding hydrogens is 314 g/mol. The van der Waals surface area contributed by atoms with Gasteiger partial charge in [0.15, 0.2) is 5.11 Å². The van der Waals surface area contributed by atoms with Crippen molar-refractivity contribution < 1.29 is 0 Å². The SMILES string of the molecule is S=C(NN=C1C2CC3CC(C2)CC1C3)Nc1ccc(Cl)cc1. The fourth-order valence-electron chi connectivity index (χ4n) is 4.66. The Kier molecular flexibility index (Phi) is 3.82. The van der Waals surface area contributed by atoms with Gasteiger partial charge in [-0.3, -0.25) is 5.43 Å². The van der Waals surface area contributed by atoms with Crippen LogP contribution in [-0.4, -0.2) is 10.8 Å². The summed E-state index contributed by atoms with van der Waals surface area (Å²) < 4.78 is 0. The van der Waals surface area contributed by atoms with E-state index < -0.39 is 0 Å². The Balaban J connectivity index is 1.39. The second kappa shape index (κ2) is 5.82. The van der Waals surface area contributed by atoms with E-state index >= 15 is 0 Å². The average molecular weight is 334 g/mol. The minimum absolute atomic E-state index is 0.545. The van der Waals surface area contributed by atoms with E-state index in [1.165, 1.54) is 37.8 Å². The van der Waals surface area contributed by atoms with Gasteiger partial charge in [0.25, 0.3) is 0 Å². The first-order valence-corrected chi connectivity index (χ1v) is 8.86. The molecule has 1 aromatic rings. The van der Waals surface area contributed by atoms with Crippen LogP contribution in [0.2, 0.25) is 5.02 Å². The Morgan fingerprint density at radius 1 is 1.00 bits per heavy atom. The van der Waals surface area contributed by atoms with Gasteiger partial charge in [0.1, 0.15) is 0 Å². The van der Waals surface area contributed by atoms with Gasteiger partial charge in [-0.2, -0.15) is 5.10 Å². The minimum Gasteiger partial charge on any atom is -0.331 e. The second-order valence-electron chi connectivity index (χ2n) is 6.91. The molecule has 4 aliphatic carbocycles. The molecule has 0 aliphatic heterocycles. The van der Waals surface area contributed by atoms with Crippen LogP contribution < -0.4 is 10.7 Å². The quantitative estimate of drug-likeness (QED) is 0.620. The second-order valence-corrected chi connectivity index (χ2v) is 7.76. The zero-order chi connectivity index (χ0) is 15.1. The van der Waals surface area contributed by atoms with Crippen molar-refractivity contribution in [1.82, 2.24) is 5.43 Å². The summed E-state index contributed by atoms with van der Waals surface area (Å²) in [7, 11) is 0. The van der Waals surface area contributed by atoms with E-state index in [1.807, 2.05) is 24.3 Å². The van der Waals surface area contributed by atoms with Gasteiger partial charge in [0.2, 0.25) is 0 Å². The van der Waals surface area contributed by atoms with Gasteiger partial charge in [0.05, 0.1) is 0 Å². The molecule has 3 nitrogen and oxygen atoms in total. The fourth-order valence-corrected chi connectivity index (χ4v) is 4.95. The molecule has 4 aliphatic rings. The Hall–Kier alpha value is -1.13. The monoisotopic (exact) mass is 333 g/mol. The van der Waals surface area contributed by atoms with Crippen LogP contribution in [0.25, 0.3) is 0 Å². The fraction of sp³-hybridized carbons (Fsp3) is 0.529. The van der Waals surface area contributed by atoms with E-state index in [2.05, 4.69) is 15.8 Å². The van der Waals surface area contributed by atoms with Crippen LogP contribution in [0.1, 0.15) is 32.1 Å². The van der Waals surface area contributed by atoms with Gasteiger partial charge in [-0.05, 0) is 92.3 Å². The molecule has 5 rings (SSSR count). The van der Waals surface area contributed by atoms with Crippen LogP contribution in [0, 0.1) is 23.7 Å². The number of thiocarbonyl (C=S) groups is 1. The van der Waals surface area contributed by atoms with E-state index in [0.29, 0.717) is 16.9 Å². The Morgan fingerprint density at radius 3 is 2.18 bits per heavy atom. The van der Waals surface area contributed by atoms with Crippen LogP contribution in [0.15, 0.2) is 29.4 Å². The largest absolute Gasteiger partial charge is 0.331 e. The number of halogens is 1. The zero-order valence-corrected chi connectivity index (χ0v) is 14.0. The molecule has 0 spiro atoms. The summed E-state index contributed by atoms with van der Waals surface area (Å²) in [5.74, 6) is 3.31. The van der Waals surface area contributed by atoms with Crippen molar-refractivity contribution in [3.63, 3.8) is 0 Å². The topological polar surface area (TPSA) is 36.4 Å². The number of hydrogen-bond acceptors (Lipinski definition) is 2. The third kappa shape index (κ3) is 2.86. The average Bonchev–Trinajstić information content (AvgIpc) is 2.48. The standard InChI is InChI=1S/C17H20ClN3S/c18-14-1-3-15(4-2-14)19-17(22)21-20-16-12-6-10-5-11(8-12)9-13(16)7-10/h1-4,10-13H,5-9H2,(H2,19,21,22). The molecule has 1 aromatic carbocycles. The van der Waals surface area contributed by atoms with Crippen LogP contribution in [0.5, 0.6) is 0 Å². The lowest BCUT2D eigenvalue weighted by atomic mass is 9.55. The summed E-state index contributed by atoms with van der Waals surface area (Å²) in [5.41, 5.74) is 5.34. The molecule has 4 bridgehead atoms. The molecule has 0 atom stereocenters. The van der Waals surface area contributed by atoms with Crippen molar-refractivity contribution >= 4 is 40.3 Å². The predicted octanol–water partition coefficient (Wildman–Crippen LogP) is 4.44. The Labute approximate surface area is 141 Å². The lowest BCUT2D eigenvalue weighted by molar-refractivity contribution is 0.108. The normalized spacial score (nSPS) is 32.0. The summed E-state index contributed by atoms with van der Waals surface area (Å²) in [5, 5.41) is 9.09. The molecule has 22 heavy (non-hydrogen) atoms. The van der Waals surface area contributed by atoms with Crippen molar-refractivity contribution in [2.75, 3.05) is 5.32 Å². The summed E-state index contributed by atoms with van der Waals surface area (Å²) >= 11 is 11.2. The molecule has 116 valence electrons. The van der Waals surface area contributed by atoms with Crippen LogP contribution in [0.4, 0.5) is 5.69 Å². The molecule has 0 aromatic heterocycles. The molecule has 5 heteroatoms. The lowest BCUT2D eigenvalue weighted by Crippen LogP contribution is -2.46. The first-order valence-electron chi connectivity index (χ1n) is 8.07. The van der Waals surface area contributed by atoms with Crippen LogP contribution in [-0.2, 0) is 0 Å². The number of hydrazone groups is 1. The third-order valence-corrected chi connectivity index (χ3v) is 5.81. The predicted molar refractivity (Wildman–Crippen MR) is 95.3 cm³/mol. The van der Waals surface area contributed by atoms with E-state index in [9.17, 15) is 0 Å². The summed E-state index contributed by atoms with van der Waals surface area (Å²) in [6, 6.07) is 7.51. The van der Waals surface area contributed by atoms with Gasteiger partial charge >= 0.3 is 0 Å². The van der Waals surface area contributed by atoms with Crippen molar-refractivity contribution in [3.05, 3.63) is 29.3 Å². The molecule has 4 saturated carbocycles. The number of nitrogens with one attached hydrogen (secondary N) is 2. The van der Waals surface area contributed by atoms with Gasteiger partial charge in [-0.25, -0.2) is 0 Å². The van der Waals surface area contributed by atoms with E-state index in [-0.39, 0.29) is 0 Å². The first kappa shape index (κ1) is 14.5. The molecule has 0 unspecified atom stereocenters. The van der Waals surface area contributed by atoms with E-state index in [0.717, 1.165) is 22.5 Å². The molecule has 0 saturated heterocycles. The number of nitrogens with zero attached hydrogens (tertiary/aromatic N) is 1. The van der Waals surface area contributed by atoms with Crippen molar-refractivity contribution in [2.45, 2.75) is 32.1 Å². The highest BCUT2D eigenvalue weighted by Crippen LogP contribution is 2.52. The minimum atomic E-state index is 0.545. The maximum atomic E-state index is 5.88. The van der Waals surface area contributed by atoms with Crippen molar-refractivity contribution in [3.8, 4) is 0 Å². The molecule has 0 heterocycles. The number of benzene rings is 1. The maximum Gasteiger partial charge on any atom is 0.191 e. The van der Waals surface area contributed by atoms with E-state index in [1.54, 1.807) is 0 Å². The smallest absolute Gasteiger partial charge is 0.191 e. The van der Waals surface area contributed by atoms with Crippen molar-refractivity contribution in [1.29, 1.82) is 0 Å². The van der Waals surface area contributed by atoms with Gasteiger partial charge < -0.3 is 5.32 Å². The molecule has 0 radical (unpaired) electrons. The number of anilines is 1. The van der Waals surface area contributed by atoms with Crippen molar-refractivity contribution in [2.24, 2.45) is 28.8 Å².